The van der Waals surface area contributed by atoms with Crippen LogP contribution in [0.3, 0.4) is 0 Å². The van der Waals surface area contributed by atoms with Gasteiger partial charge in [0.25, 0.3) is 0 Å². The third-order valence-electron chi connectivity index (χ3n) is 4.76. The fraction of sp³-hybridized carbons (Fsp3) is 0.562. The Hall–Kier alpha value is -1.06. The second kappa shape index (κ2) is 5.74. The average Bonchev–Trinajstić information content (AvgIpc) is 2.78. The molecule has 0 bridgehead atoms. The summed E-state index contributed by atoms with van der Waals surface area (Å²) in [4.78, 5) is 13.7. The van der Waals surface area contributed by atoms with Crippen LogP contribution >= 0.6 is 11.6 Å². The molecule has 0 spiro atoms. The highest BCUT2D eigenvalue weighted by molar-refractivity contribution is 6.30. The summed E-state index contributed by atoms with van der Waals surface area (Å²) in [7, 11) is 0. The van der Waals surface area contributed by atoms with Gasteiger partial charge in [0.1, 0.15) is 6.04 Å². The Kier molecular flexibility index (Phi) is 3.99. The standard InChI is InChI=1S/C16H20ClNO2/c17-13-6-3-4-11(8-13)10-18-14-7-2-1-5-12(14)9-15(18)16(19)20/h3-4,6,8,12,14-15H,1-2,5,7,9-10H2,(H,19,20)/t12-,14-,15+/m1/s1. The Labute approximate surface area is 124 Å². The molecule has 1 aliphatic heterocycles. The van der Waals surface area contributed by atoms with E-state index in [2.05, 4.69) is 4.90 Å². The van der Waals surface area contributed by atoms with Gasteiger partial charge in [0.2, 0.25) is 0 Å². The zero-order valence-electron chi connectivity index (χ0n) is 11.5. The van der Waals surface area contributed by atoms with Gasteiger partial charge >= 0.3 is 5.97 Å². The van der Waals surface area contributed by atoms with Crippen molar-refractivity contribution < 1.29 is 9.90 Å². The summed E-state index contributed by atoms with van der Waals surface area (Å²) in [5, 5.41) is 10.2. The second-order valence-electron chi connectivity index (χ2n) is 6.00. The number of carboxylic acids is 1. The van der Waals surface area contributed by atoms with E-state index >= 15 is 0 Å². The summed E-state index contributed by atoms with van der Waals surface area (Å²) in [6.07, 6.45) is 5.59. The van der Waals surface area contributed by atoms with Crippen LogP contribution in [0.4, 0.5) is 0 Å². The Morgan fingerprint density at radius 1 is 1.35 bits per heavy atom. The van der Waals surface area contributed by atoms with E-state index in [1.807, 2.05) is 24.3 Å². The molecule has 0 amide bonds. The van der Waals surface area contributed by atoms with Crippen molar-refractivity contribution in [2.45, 2.75) is 50.7 Å². The SMILES string of the molecule is O=C(O)[C@@H]1C[C@H]2CCCC[C@H]2N1Cc1cccc(Cl)c1. The van der Waals surface area contributed by atoms with E-state index in [-0.39, 0.29) is 6.04 Å². The molecule has 1 N–H and O–H groups in total. The van der Waals surface area contributed by atoms with Crippen LogP contribution in [0.2, 0.25) is 5.02 Å². The number of carboxylic acid groups (broad SMARTS) is 1. The van der Waals surface area contributed by atoms with Gasteiger partial charge in [-0.1, -0.05) is 36.6 Å². The minimum absolute atomic E-state index is 0.331. The lowest BCUT2D eigenvalue weighted by molar-refractivity contribution is -0.142. The highest BCUT2D eigenvalue weighted by atomic mass is 35.5. The van der Waals surface area contributed by atoms with Gasteiger partial charge in [-0.2, -0.15) is 0 Å². The third-order valence-corrected chi connectivity index (χ3v) is 5.00. The van der Waals surface area contributed by atoms with Crippen LogP contribution < -0.4 is 0 Å². The van der Waals surface area contributed by atoms with E-state index < -0.39 is 5.97 Å². The van der Waals surface area contributed by atoms with E-state index in [9.17, 15) is 9.90 Å². The molecule has 1 aromatic rings. The van der Waals surface area contributed by atoms with Gasteiger partial charge in [-0.3, -0.25) is 9.69 Å². The van der Waals surface area contributed by atoms with Crippen LogP contribution in [0.5, 0.6) is 0 Å². The summed E-state index contributed by atoms with van der Waals surface area (Å²) in [5.41, 5.74) is 1.11. The smallest absolute Gasteiger partial charge is 0.320 e. The van der Waals surface area contributed by atoms with E-state index in [0.717, 1.165) is 18.4 Å². The van der Waals surface area contributed by atoms with Gasteiger partial charge in [0.05, 0.1) is 0 Å². The molecule has 108 valence electrons. The third kappa shape index (κ3) is 2.70. The zero-order chi connectivity index (χ0) is 14.1. The maximum atomic E-state index is 11.5. The van der Waals surface area contributed by atoms with Crippen LogP contribution in [-0.2, 0) is 11.3 Å². The quantitative estimate of drug-likeness (QED) is 0.926. The molecular weight excluding hydrogens is 274 g/mol. The van der Waals surface area contributed by atoms with Crippen molar-refractivity contribution in [2.24, 2.45) is 5.92 Å². The van der Waals surface area contributed by atoms with Crippen molar-refractivity contribution in [3.63, 3.8) is 0 Å². The highest BCUT2D eigenvalue weighted by Crippen LogP contribution is 2.40. The van der Waals surface area contributed by atoms with Gasteiger partial charge in [0.15, 0.2) is 0 Å². The molecule has 3 nitrogen and oxygen atoms in total. The molecule has 1 saturated carbocycles. The van der Waals surface area contributed by atoms with Crippen molar-refractivity contribution >= 4 is 17.6 Å². The Bertz CT molecular complexity index is 505. The van der Waals surface area contributed by atoms with Crippen LogP contribution in [0, 0.1) is 5.92 Å². The molecule has 2 fully saturated rings. The molecule has 3 atom stereocenters. The monoisotopic (exact) mass is 293 g/mol. The van der Waals surface area contributed by atoms with Gasteiger partial charge < -0.3 is 5.11 Å². The number of carbonyl (C=O) groups is 1. The fourth-order valence-corrected chi connectivity index (χ4v) is 4.08. The number of halogens is 1. The highest BCUT2D eigenvalue weighted by Gasteiger charge is 2.44. The Balaban J connectivity index is 1.82. The van der Waals surface area contributed by atoms with Crippen molar-refractivity contribution in [3.05, 3.63) is 34.9 Å². The van der Waals surface area contributed by atoms with Crippen LogP contribution in [0.1, 0.15) is 37.7 Å². The first-order valence-corrected chi connectivity index (χ1v) is 7.76. The van der Waals surface area contributed by atoms with Crippen molar-refractivity contribution in [1.82, 2.24) is 4.90 Å². The molecular formula is C16H20ClNO2. The van der Waals surface area contributed by atoms with Crippen molar-refractivity contribution in [2.75, 3.05) is 0 Å². The van der Waals surface area contributed by atoms with E-state index in [0.29, 0.717) is 23.5 Å². The molecule has 1 aliphatic carbocycles. The van der Waals surface area contributed by atoms with Crippen molar-refractivity contribution in [1.29, 1.82) is 0 Å². The first kappa shape index (κ1) is 13.9. The molecule has 0 aromatic heterocycles. The average molecular weight is 294 g/mol. The number of benzene rings is 1. The first-order valence-electron chi connectivity index (χ1n) is 7.38. The number of rotatable bonds is 3. The topological polar surface area (TPSA) is 40.5 Å². The zero-order valence-corrected chi connectivity index (χ0v) is 12.2. The molecule has 2 aliphatic rings. The molecule has 1 heterocycles. The number of nitrogens with zero attached hydrogens (tertiary/aromatic N) is 1. The maximum Gasteiger partial charge on any atom is 0.320 e. The Morgan fingerprint density at radius 3 is 2.90 bits per heavy atom. The van der Waals surface area contributed by atoms with E-state index in [1.54, 1.807) is 0 Å². The van der Waals surface area contributed by atoms with Gasteiger partial charge in [0, 0.05) is 17.6 Å². The molecule has 1 saturated heterocycles. The molecule has 20 heavy (non-hydrogen) atoms. The van der Waals surface area contributed by atoms with Crippen molar-refractivity contribution in [3.8, 4) is 0 Å². The lowest BCUT2D eigenvalue weighted by atomic mass is 9.84. The fourth-order valence-electron chi connectivity index (χ4n) is 3.87. The predicted molar refractivity (Wildman–Crippen MR) is 78.8 cm³/mol. The molecule has 4 heteroatoms. The number of hydrogen-bond donors (Lipinski definition) is 1. The molecule has 1 aromatic carbocycles. The summed E-state index contributed by atoms with van der Waals surface area (Å²) in [6.45, 7) is 0.693. The van der Waals surface area contributed by atoms with Gasteiger partial charge in [-0.05, 0) is 42.9 Å². The summed E-state index contributed by atoms with van der Waals surface area (Å²) < 4.78 is 0. The predicted octanol–water partition coefficient (Wildman–Crippen LogP) is 3.56. The molecule has 3 rings (SSSR count). The summed E-state index contributed by atoms with van der Waals surface area (Å²) in [6, 6.07) is 7.86. The number of likely N-dealkylation sites (tertiary alicyclic amines) is 1. The van der Waals surface area contributed by atoms with Crippen LogP contribution in [-0.4, -0.2) is 28.1 Å². The minimum Gasteiger partial charge on any atom is -0.480 e. The van der Waals surface area contributed by atoms with Crippen LogP contribution in [0.15, 0.2) is 24.3 Å². The molecule has 0 unspecified atom stereocenters. The van der Waals surface area contributed by atoms with Crippen LogP contribution in [0.25, 0.3) is 0 Å². The lowest BCUT2D eigenvalue weighted by Gasteiger charge is -2.33. The first-order chi connectivity index (χ1) is 9.65. The Morgan fingerprint density at radius 2 is 2.15 bits per heavy atom. The number of fused-ring (bicyclic) bond motifs is 1. The number of hydrogen-bond acceptors (Lipinski definition) is 2. The normalized spacial score (nSPS) is 30.1. The maximum absolute atomic E-state index is 11.5. The largest absolute Gasteiger partial charge is 0.480 e. The minimum atomic E-state index is -0.679. The summed E-state index contributed by atoms with van der Waals surface area (Å²) >= 11 is 6.03. The van der Waals surface area contributed by atoms with E-state index in [1.165, 1.54) is 19.3 Å². The lowest BCUT2D eigenvalue weighted by Crippen LogP contribution is -2.41. The number of aliphatic carboxylic acids is 1. The van der Waals surface area contributed by atoms with Gasteiger partial charge in [-0.15, -0.1) is 0 Å². The van der Waals surface area contributed by atoms with E-state index in [4.69, 9.17) is 11.6 Å². The summed E-state index contributed by atoms with van der Waals surface area (Å²) in [5.74, 6) is -0.120. The second-order valence-corrected chi connectivity index (χ2v) is 6.44. The molecule has 0 radical (unpaired) electrons. The van der Waals surface area contributed by atoms with Gasteiger partial charge in [-0.25, -0.2) is 0 Å².